The molecule has 2 aromatic rings. The van der Waals surface area contributed by atoms with Gasteiger partial charge in [-0.25, -0.2) is 9.97 Å². The summed E-state index contributed by atoms with van der Waals surface area (Å²) in [5, 5.41) is 1.11. The first kappa shape index (κ1) is 15.1. The Morgan fingerprint density at radius 1 is 1.05 bits per heavy atom. The molecule has 0 amide bonds. The lowest BCUT2D eigenvalue weighted by molar-refractivity contribution is 0.641. The standard InChI is InChI=1S/C14H16Cl2N6/c1-9-6-12(20-14(17)19-9)21-2-4-22(5-3-21)13-11(16)7-10(15)8-18-13/h6-8H,2-5H2,1H3,(H2,17,19,20). The molecule has 0 spiro atoms. The van der Waals surface area contributed by atoms with Gasteiger partial charge in [0.1, 0.15) is 11.6 Å². The van der Waals surface area contributed by atoms with Crippen LogP contribution in [0, 0.1) is 6.92 Å². The maximum absolute atomic E-state index is 6.22. The molecule has 22 heavy (non-hydrogen) atoms. The molecule has 116 valence electrons. The normalized spacial score (nSPS) is 15.2. The van der Waals surface area contributed by atoms with Crippen molar-refractivity contribution in [2.24, 2.45) is 0 Å². The molecule has 1 aliphatic heterocycles. The van der Waals surface area contributed by atoms with Crippen LogP contribution in [0.25, 0.3) is 0 Å². The van der Waals surface area contributed by atoms with Crippen LogP contribution in [0.3, 0.4) is 0 Å². The monoisotopic (exact) mass is 338 g/mol. The number of anilines is 3. The van der Waals surface area contributed by atoms with E-state index in [1.807, 2.05) is 13.0 Å². The number of hydrogen-bond donors (Lipinski definition) is 1. The Labute approximate surface area is 138 Å². The van der Waals surface area contributed by atoms with E-state index in [1.165, 1.54) is 0 Å². The molecular weight excluding hydrogens is 323 g/mol. The highest BCUT2D eigenvalue weighted by atomic mass is 35.5. The fourth-order valence-electron chi connectivity index (χ4n) is 2.52. The molecule has 0 atom stereocenters. The van der Waals surface area contributed by atoms with Gasteiger partial charge >= 0.3 is 0 Å². The minimum atomic E-state index is 0.305. The molecule has 0 aliphatic carbocycles. The van der Waals surface area contributed by atoms with E-state index in [0.29, 0.717) is 16.0 Å². The Kier molecular flexibility index (Phi) is 4.22. The fourth-order valence-corrected chi connectivity index (χ4v) is 3.02. The lowest BCUT2D eigenvalue weighted by Gasteiger charge is -2.36. The van der Waals surface area contributed by atoms with Gasteiger partial charge in [0.05, 0.1) is 10.0 Å². The Morgan fingerprint density at radius 2 is 1.73 bits per heavy atom. The van der Waals surface area contributed by atoms with E-state index < -0.39 is 0 Å². The molecule has 0 aromatic carbocycles. The quantitative estimate of drug-likeness (QED) is 0.906. The van der Waals surface area contributed by atoms with Crippen LogP contribution in [0.2, 0.25) is 10.0 Å². The Morgan fingerprint density at radius 3 is 2.36 bits per heavy atom. The molecule has 0 saturated carbocycles. The molecule has 1 fully saturated rings. The Balaban J connectivity index is 1.72. The van der Waals surface area contributed by atoms with Crippen LogP contribution < -0.4 is 15.5 Å². The minimum Gasteiger partial charge on any atom is -0.368 e. The van der Waals surface area contributed by atoms with Gasteiger partial charge in [0.2, 0.25) is 5.95 Å². The van der Waals surface area contributed by atoms with Crippen LogP contribution in [0.1, 0.15) is 5.69 Å². The summed E-state index contributed by atoms with van der Waals surface area (Å²) in [4.78, 5) is 17.1. The highest BCUT2D eigenvalue weighted by Gasteiger charge is 2.21. The van der Waals surface area contributed by atoms with Crippen LogP contribution in [0.15, 0.2) is 18.3 Å². The molecule has 3 rings (SSSR count). The van der Waals surface area contributed by atoms with E-state index in [1.54, 1.807) is 12.3 Å². The largest absolute Gasteiger partial charge is 0.368 e. The minimum absolute atomic E-state index is 0.305. The van der Waals surface area contributed by atoms with E-state index in [2.05, 4.69) is 24.8 Å². The number of halogens is 2. The lowest BCUT2D eigenvalue weighted by atomic mass is 10.3. The molecule has 2 aromatic heterocycles. The third-order valence-corrected chi connectivity index (χ3v) is 4.03. The first-order valence-electron chi connectivity index (χ1n) is 6.95. The van der Waals surface area contributed by atoms with Crippen molar-refractivity contribution in [1.29, 1.82) is 0 Å². The van der Waals surface area contributed by atoms with Crippen LogP contribution in [-0.2, 0) is 0 Å². The molecule has 8 heteroatoms. The third-order valence-electron chi connectivity index (χ3n) is 3.55. The summed E-state index contributed by atoms with van der Waals surface area (Å²) >= 11 is 12.1. The van der Waals surface area contributed by atoms with Crippen LogP contribution in [0.4, 0.5) is 17.6 Å². The van der Waals surface area contributed by atoms with Crippen LogP contribution in [-0.4, -0.2) is 41.1 Å². The molecule has 0 radical (unpaired) electrons. The zero-order valence-electron chi connectivity index (χ0n) is 12.1. The molecule has 1 saturated heterocycles. The average molecular weight is 339 g/mol. The first-order valence-corrected chi connectivity index (χ1v) is 7.70. The highest BCUT2D eigenvalue weighted by molar-refractivity contribution is 6.36. The number of aryl methyl sites for hydroxylation is 1. The SMILES string of the molecule is Cc1cc(N2CCN(c3ncc(Cl)cc3Cl)CC2)nc(N)n1. The molecule has 1 aliphatic rings. The number of nitrogens with two attached hydrogens (primary N) is 1. The summed E-state index contributed by atoms with van der Waals surface area (Å²) in [6.45, 7) is 5.15. The second-order valence-corrected chi connectivity index (χ2v) is 6.00. The van der Waals surface area contributed by atoms with E-state index in [9.17, 15) is 0 Å². The number of nitrogen functional groups attached to an aromatic ring is 1. The van der Waals surface area contributed by atoms with Crippen molar-refractivity contribution in [2.45, 2.75) is 6.92 Å². The van der Waals surface area contributed by atoms with Crippen molar-refractivity contribution in [3.05, 3.63) is 34.1 Å². The van der Waals surface area contributed by atoms with Crippen molar-refractivity contribution in [2.75, 3.05) is 41.7 Å². The van der Waals surface area contributed by atoms with E-state index >= 15 is 0 Å². The van der Waals surface area contributed by atoms with E-state index in [0.717, 1.165) is 43.5 Å². The van der Waals surface area contributed by atoms with Gasteiger partial charge in [-0.3, -0.25) is 0 Å². The fraction of sp³-hybridized carbons (Fsp3) is 0.357. The van der Waals surface area contributed by atoms with Crippen LogP contribution in [0.5, 0.6) is 0 Å². The third kappa shape index (κ3) is 3.18. The number of piperazine rings is 1. The van der Waals surface area contributed by atoms with E-state index in [-0.39, 0.29) is 0 Å². The van der Waals surface area contributed by atoms with Gasteiger partial charge in [-0.15, -0.1) is 0 Å². The van der Waals surface area contributed by atoms with Gasteiger partial charge < -0.3 is 15.5 Å². The number of hydrogen-bond acceptors (Lipinski definition) is 6. The van der Waals surface area contributed by atoms with Crippen molar-refractivity contribution >= 4 is 40.8 Å². The summed E-state index contributed by atoms with van der Waals surface area (Å²) in [7, 11) is 0. The second-order valence-electron chi connectivity index (χ2n) is 5.16. The molecule has 0 unspecified atom stereocenters. The lowest BCUT2D eigenvalue weighted by Crippen LogP contribution is -2.47. The predicted octanol–water partition coefficient (Wildman–Crippen LogP) is 2.40. The van der Waals surface area contributed by atoms with Gasteiger partial charge in [-0.2, -0.15) is 4.98 Å². The Hall–Kier alpha value is -1.79. The molecule has 2 N–H and O–H groups in total. The van der Waals surface area contributed by atoms with Gasteiger partial charge in [-0.1, -0.05) is 23.2 Å². The smallest absolute Gasteiger partial charge is 0.222 e. The summed E-state index contributed by atoms with van der Waals surface area (Å²) in [5.41, 5.74) is 6.59. The number of nitrogens with zero attached hydrogens (tertiary/aromatic N) is 5. The maximum Gasteiger partial charge on any atom is 0.222 e. The first-order chi connectivity index (χ1) is 10.5. The van der Waals surface area contributed by atoms with Crippen LogP contribution >= 0.6 is 23.2 Å². The predicted molar refractivity (Wildman–Crippen MR) is 89.9 cm³/mol. The second kappa shape index (κ2) is 6.14. The number of rotatable bonds is 2. The van der Waals surface area contributed by atoms with Crippen molar-refractivity contribution < 1.29 is 0 Å². The summed E-state index contributed by atoms with van der Waals surface area (Å²) in [6.07, 6.45) is 1.61. The van der Waals surface area contributed by atoms with Crippen molar-refractivity contribution in [3.63, 3.8) is 0 Å². The average Bonchev–Trinajstić information content (AvgIpc) is 2.46. The topological polar surface area (TPSA) is 71.2 Å². The summed E-state index contributed by atoms with van der Waals surface area (Å²) in [5.74, 6) is 1.93. The summed E-state index contributed by atoms with van der Waals surface area (Å²) in [6, 6.07) is 3.66. The van der Waals surface area contributed by atoms with Gasteiger partial charge in [0.25, 0.3) is 0 Å². The highest BCUT2D eigenvalue weighted by Crippen LogP contribution is 2.27. The van der Waals surface area contributed by atoms with Gasteiger partial charge in [0.15, 0.2) is 0 Å². The number of aromatic nitrogens is 3. The number of pyridine rings is 1. The summed E-state index contributed by atoms with van der Waals surface area (Å²) < 4.78 is 0. The van der Waals surface area contributed by atoms with Gasteiger partial charge in [0, 0.05) is 44.1 Å². The van der Waals surface area contributed by atoms with E-state index in [4.69, 9.17) is 28.9 Å². The molecule has 3 heterocycles. The van der Waals surface area contributed by atoms with Crippen molar-refractivity contribution in [3.8, 4) is 0 Å². The maximum atomic E-state index is 6.22. The van der Waals surface area contributed by atoms with Gasteiger partial charge in [-0.05, 0) is 13.0 Å². The Bertz CT molecular complexity index is 665. The molecule has 6 nitrogen and oxygen atoms in total. The van der Waals surface area contributed by atoms with Crippen molar-refractivity contribution in [1.82, 2.24) is 15.0 Å². The molecular formula is C14H16Cl2N6. The zero-order valence-corrected chi connectivity index (χ0v) is 13.6. The molecule has 0 bridgehead atoms. The zero-order chi connectivity index (χ0) is 15.7.